The second-order valence-electron chi connectivity index (χ2n) is 8.64. The van der Waals surface area contributed by atoms with Crippen LogP contribution < -0.4 is 14.4 Å². The monoisotopic (exact) mass is 552 g/mol. The number of amides is 1. The summed E-state index contributed by atoms with van der Waals surface area (Å²) in [5.74, 6) is -2.25. The van der Waals surface area contributed by atoms with E-state index < -0.39 is 23.7 Å². The Bertz CT molecular complexity index is 1490. The van der Waals surface area contributed by atoms with Crippen LogP contribution in [0.4, 0.5) is 5.13 Å². The molecule has 204 valence electrons. The lowest BCUT2D eigenvalue weighted by molar-refractivity contribution is -0.132. The summed E-state index contributed by atoms with van der Waals surface area (Å²) in [6, 6.07) is 8.22. The average Bonchev–Trinajstić information content (AvgIpc) is 3.41. The zero-order valence-electron chi connectivity index (χ0n) is 22.1. The lowest BCUT2D eigenvalue weighted by Gasteiger charge is -2.24. The molecular weight excluding hydrogens is 524 g/mol. The molecule has 0 saturated carbocycles. The number of nitrogens with zero attached hydrogens (tertiary/aromatic N) is 2. The molecule has 1 saturated heterocycles. The van der Waals surface area contributed by atoms with Crippen molar-refractivity contribution in [1.29, 1.82) is 0 Å². The van der Waals surface area contributed by atoms with Crippen molar-refractivity contribution < 1.29 is 38.8 Å². The minimum Gasteiger partial charge on any atom is -0.507 e. The number of hydrogen-bond donors (Lipinski definition) is 2. The third kappa shape index (κ3) is 5.05. The Balaban J connectivity index is 1.96. The number of ether oxygens (including phenoxy) is 3. The first-order valence-electron chi connectivity index (χ1n) is 12.2. The van der Waals surface area contributed by atoms with Gasteiger partial charge in [-0.3, -0.25) is 14.5 Å². The van der Waals surface area contributed by atoms with E-state index in [-0.39, 0.29) is 46.1 Å². The Morgan fingerprint density at radius 1 is 1.10 bits per heavy atom. The first-order chi connectivity index (χ1) is 18.6. The quantitative estimate of drug-likeness (QED) is 0.177. The number of benzene rings is 2. The number of thiazole rings is 1. The number of Topliss-reactive ketones (excluding diaryl/α,β-unsaturated/α-hetero) is 1. The Morgan fingerprint density at radius 3 is 2.49 bits per heavy atom. The van der Waals surface area contributed by atoms with E-state index in [0.29, 0.717) is 28.1 Å². The Labute approximate surface area is 229 Å². The number of aryl methyl sites for hydroxylation is 2. The minimum atomic E-state index is -1.13. The fraction of sp³-hybridized carbons (Fsp3) is 0.286. The molecule has 1 aliphatic heterocycles. The molecule has 39 heavy (non-hydrogen) atoms. The average molecular weight is 553 g/mol. The molecule has 4 rings (SSSR count). The van der Waals surface area contributed by atoms with E-state index in [2.05, 4.69) is 4.98 Å². The first kappa shape index (κ1) is 27.6. The van der Waals surface area contributed by atoms with Crippen LogP contribution in [0.2, 0.25) is 0 Å². The number of aromatic nitrogens is 1. The third-order valence-corrected chi connectivity index (χ3v) is 7.32. The van der Waals surface area contributed by atoms with Crippen molar-refractivity contribution in [3.05, 3.63) is 69.2 Å². The highest BCUT2D eigenvalue weighted by molar-refractivity contribution is 7.17. The molecule has 3 aromatic rings. The fourth-order valence-electron chi connectivity index (χ4n) is 4.36. The van der Waals surface area contributed by atoms with E-state index in [0.717, 1.165) is 16.2 Å². The van der Waals surface area contributed by atoms with Gasteiger partial charge in [0.25, 0.3) is 5.78 Å². The number of anilines is 1. The highest BCUT2D eigenvalue weighted by Gasteiger charge is 2.48. The van der Waals surface area contributed by atoms with Gasteiger partial charge in [-0.2, -0.15) is 0 Å². The van der Waals surface area contributed by atoms with Crippen LogP contribution in [0.3, 0.4) is 0 Å². The zero-order valence-corrected chi connectivity index (χ0v) is 22.9. The second kappa shape index (κ2) is 11.2. The van der Waals surface area contributed by atoms with Crippen LogP contribution in [-0.4, -0.2) is 53.2 Å². The van der Waals surface area contributed by atoms with Gasteiger partial charge in [-0.05, 0) is 69.2 Å². The first-order valence-corrected chi connectivity index (χ1v) is 13.0. The molecule has 2 heterocycles. The van der Waals surface area contributed by atoms with Crippen LogP contribution in [0, 0.1) is 13.8 Å². The van der Waals surface area contributed by atoms with Crippen LogP contribution >= 0.6 is 11.3 Å². The maximum atomic E-state index is 13.5. The summed E-state index contributed by atoms with van der Waals surface area (Å²) in [7, 11) is 1.52. The lowest BCUT2D eigenvalue weighted by Crippen LogP contribution is -2.29. The number of phenols is 1. The van der Waals surface area contributed by atoms with Crippen molar-refractivity contribution in [2.24, 2.45) is 0 Å². The molecule has 11 heteroatoms. The van der Waals surface area contributed by atoms with Gasteiger partial charge < -0.3 is 24.4 Å². The fourth-order valence-corrected chi connectivity index (χ4v) is 5.35. The zero-order chi connectivity index (χ0) is 28.4. The number of carbonyl (C=O) groups excluding carboxylic acids is 3. The SMILES string of the molecule is CCOC(=O)c1sc(N2C(=O)C(=O)/C(=C(/O)c3ccc(OC)cc3C)[C@@H]2c2ccc(O)c(OCC)c2)nc1C. The lowest BCUT2D eigenvalue weighted by atomic mass is 9.93. The van der Waals surface area contributed by atoms with Crippen LogP contribution in [-0.2, 0) is 14.3 Å². The molecule has 1 aliphatic rings. The van der Waals surface area contributed by atoms with Gasteiger partial charge in [-0.15, -0.1) is 0 Å². The predicted molar refractivity (Wildman–Crippen MR) is 145 cm³/mol. The van der Waals surface area contributed by atoms with Gasteiger partial charge in [0.1, 0.15) is 16.4 Å². The Hall–Kier alpha value is -4.38. The second-order valence-corrected chi connectivity index (χ2v) is 9.62. The standard InChI is InChI=1S/C28H28N2O8S/c1-6-37-20-13-16(8-11-19(20)31)22-21(23(32)18-10-9-17(36-5)12-14(18)3)24(33)26(34)30(22)28-29-15(4)25(39-28)27(35)38-7-2/h8-13,22,31-32H,6-7H2,1-5H3/b23-21+/t22-/m0/s1. The number of hydrogen-bond acceptors (Lipinski definition) is 10. The molecule has 1 fully saturated rings. The van der Waals surface area contributed by atoms with E-state index in [4.69, 9.17) is 14.2 Å². The smallest absolute Gasteiger partial charge is 0.350 e. The molecule has 2 N–H and O–H groups in total. The molecule has 1 atom stereocenters. The number of methoxy groups -OCH3 is 1. The normalized spacial score (nSPS) is 16.4. The summed E-state index contributed by atoms with van der Waals surface area (Å²) in [4.78, 5) is 45.2. The van der Waals surface area contributed by atoms with Crippen LogP contribution in [0.1, 0.15) is 51.9 Å². The molecular formula is C28H28N2O8S. The van der Waals surface area contributed by atoms with Crippen LogP contribution in [0.5, 0.6) is 17.2 Å². The van der Waals surface area contributed by atoms with Crippen LogP contribution in [0.15, 0.2) is 42.0 Å². The largest absolute Gasteiger partial charge is 0.507 e. The molecule has 0 spiro atoms. The molecule has 10 nitrogen and oxygen atoms in total. The summed E-state index contributed by atoms with van der Waals surface area (Å²) in [5.41, 5.74) is 1.50. The molecule has 0 bridgehead atoms. The van der Waals surface area contributed by atoms with Gasteiger partial charge in [-0.1, -0.05) is 17.4 Å². The number of aliphatic hydroxyl groups excluding tert-OH is 1. The third-order valence-electron chi connectivity index (χ3n) is 6.18. The summed E-state index contributed by atoms with van der Waals surface area (Å²) < 4.78 is 15.9. The molecule has 0 aliphatic carbocycles. The van der Waals surface area contributed by atoms with Gasteiger partial charge in [0.2, 0.25) is 0 Å². The maximum Gasteiger partial charge on any atom is 0.350 e. The Morgan fingerprint density at radius 2 is 1.85 bits per heavy atom. The van der Waals surface area contributed by atoms with E-state index in [1.165, 1.54) is 25.3 Å². The van der Waals surface area contributed by atoms with E-state index in [1.54, 1.807) is 45.9 Å². The summed E-state index contributed by atoms with van der Waals surface area (Å²) >= 11 is 0.910. The number of ketones is 1. The van der Waals surface area contributed by atoms with E-state index in [1.807, 2.05) is 0 Å². The number of esters is 1. The maximum absolute atomic E-state index is 13.5. The van der Waals surface area contributed by atoms with Crippen molar-refractivity contribution in [3.63, 3.8) is 0 Å². The van der Waals surface area contributed by atoms with Gasteiger partial charge in [0.05, 0.1) is 37.6 Å². The molecule has 1 aromatic heterocycles. The number of carbonyl (C=O) groups is 3. The van der Waals surface area contributed by atoms with Crippen molar-refractivity contribution in [3.8, 4) is 17.2 Å². The van der Waals surface area contributed by atoms with Gasteiger partial charge >= 0.3 is 11.9 Å². The predicted octanol–water partition coefficient (Wildman–Crippen LogP) is 4.68. The highest BCUT2D eigenvalue weighted by Crippen LogP contribution is 2.45. The van der Waals surface area contributed by atoms with Crippen LogP contribution in [0.25, 0.3) is 5.76 Å². The molecule has 2 aromatic carbocycles. The summed E-state index contributed by atoms with van der Waals surface area (Å²) in [5, 5.41) is 21.8. The van der Waals surface area contributed by atoms with E-state index in [9.17, 15) is 24.6 Å². The van der Waals surface area contributed by atoms with Crippen molar-refractivity contribution in [2.75, 3.05) is 25.2 Å². The number of aliphatic hydroxyl groups is 1. The number of aromatic hydroxyl groups is 1. The Kier molecular flexibility index (Phi) is 7.91. The van der Waals surface area contributed by atoms with Crippen molar-refractivity contribution in [1.82, 2.24) is 4.98 Å². The summed E-state index contributed by atoms with van der Waals surface area (Å²) in [6.07, 6.45) is 0. The van der Waals surface area contributed by atoms with Crippen molar-refractivity contribution in [2.45, 2.75) is 33.7 Å². The topological polar surface area (TPSA) is 135 Å². The van der Waals surface area contributed by atoms with Gasteiger partial charge in [-0.25, -0.2) is 9.78 Å². The highest BCUT2D eigenvalue weighted by atomic mass is 32.1. The number of rotatable bonds is 8. The number of phenolic OH excluding ortho intramolecular Hbond substituents is 1. The minimum absolute atomic E-state index is 0.0826. The molecule has 1 amide bonds. The van der Waals surface area contributed by atoms with Gasteiger partial charge in [0, 0.05) is 5.56 Å². The molecule has 0 unspecified atom stereocenters. The van der Waals surface area contributed by atoms with Crippen molar-refractivity contribution >= 4 is 39.9 Å². The summed E-state index contributed by atoms with van der Waals surface area (Å²) in [6.45, 7) is 7.19. The van der Waals surface area contributed by atoms with E-state index >= 15 is 0 Å². The molecule has 0 radical (unpaired) electrons. The van der Waals surface area contributed by atoms with Gasteiger partial charge in [0.15, 0.2) is 16.6 Å².